The van der Waals surface area contributed by atoms with Crippen molar-refractivity contribution in [1.29, 1.82) is 0 Å². The predicted octanol–water partition coefficient (Wildman–Crippen LogP) is 3.39. The van der Waals surface area contributed by atoms with Crippen molar-refractivity contribution >= 4 is 33.8 Å². The average Bonchev–Trinajstić information content (AvgIpc) is 3.10. The fourth-order valence-electron chi connectivity index (χ4n) is 4.11. The molecular weight excluding hydrogens is 374 g/mol. The summed E-state index contributed by atoms with van der Waals surface area (Å²) in [6, 6.07) is 16.2. The molecule has 1 amide bonds. The van der Waals surface area contributed by atoms with Crippen LogP contribution in [0, 0.1) is 0 Å². The molecule has 2 aromatic carbocycles. The highest BCUT2D eigenvalue weighted by Gasteiger charge is 2.26. The zero-order chi connectivity index (χ0) is 20.5. The largest absolute Gasteiger partial charge is 0.361 e. The number of piperazine rings is 1. The second-order valence-corrected chi connectivity index (χ2v) is 7.99. The maximum absolute atomic E-state index is 12.5. The number of hydrogen-bond acceptors (Lipinski definition) is 5. The molecule has 1 fully saturated rings. The van der Waals surface area contributed by atoms with Crippen molar-refractivity contribution in [3.8, 4) is 0 Å². The van der Waals surface area contributed by atoms with Gasteiger partial charge in [-0.1, -0.05) is 18.2 Å². The van der Waals surface area contributed by atoms with E-state index >= 15 is 0 Å². The number of carbonyl (C=O) groups is 1. The van der Waals surface area contributed by atoms with Gasteiger partial charge in [0, 0.05) is 67.4 Å². The third-order valence-electron chi connectivity index (χ3n) is 5.89. The van der Waals surface area contributed by atoms with Crippen LogP contribution in [0.4, 0.5) is 11.4 Å². The zero-order valence-corrected chi connectivity index (χ0v) is 17.1. The van der Waals surface area contributed by atoms with E-state index in [0.29, 0.717) is 5.57 Å². The van der Waals surface area contributed by atoms with E-state index in [1.165, 1.54) is 5.56 Å². The summed E-state index contributed by atoms with van der Waals surface area (Å²) in [5.41, 5.74) is 5.51. The van der Waals surface area contributed by atoms with Gasteiger partial charge in [-0.15, -0.1) is 0 Å². The molecule has 0 saturated carbocycles. The van der Waals surface area contributed by atoms with Gasteiger partial charge in [0.2, 0.25) is 0 Å². The molecule has 2 aliphatic heterocycles. The molecule has 1 aromatic heterocycles. The van der Waals surface area contributed by atoms with Gasteiger partial charge in [0.05, 0.1) is 11.1 Å². The molecule has 0 unspecified atom stereocenters. The second kappa shape index (κ2) is 7.89. The Morgan fingerprint density at radius 1 is 1.07 bits per heavy atom. The SMILES string of the molecule is CN1CCN(Cc2ccc(N/C=C3\C(=O)Nc4ccc5ncccc5c43)cc2)CC1. The molecule has 152 valence electrons. The van der Waals surface area contributed by atoms with Crippen molar-refractivity contribution in [2.75, 3.05) is 43.9 Å². The van der Waals surface area contributed by atoms with E-state index in [0.717, 1.165) is 60.6 Å². The van der Waals surface area contributed by atoms with Crippen LogP contribution in [-0.4, -0.2) is 53.9 Å². The Morgan fingerprint density at radius 2 is 1.87 bits per heavy atom. The Bertz CT molecular complexity index is 1110. The number of hydrogen-bond donors (Lipinski definition) is 2. The number of pyridine rings is 1. The predicted molar refractivity (Wildman–Crippen MR) is 121 cm³/mol. The van der Waals surface area contributed by atoms with Gasteiger partial charge in [-0.2, -0.15) is 0 Å². The van der Waals surface area contributed by atoms with Crippen molar-refractivity contribution in [3.05, 3.63) is 72.1 Å². The summed E-state index contributed by atoms with van der Waals surface area (Å²) < 4.78 is 0. The number of benzene rings is 2. The van der Waals surface area contributed by atoms with E-state index < -0.39 is 0 Å². The molecule has 0 spiro atoms. The molecule has 2 aliphatic rings. The normalized spacial score (nSPS) is 18.6. The standard InChI is InChI=1S/C24H25N5O/c1-28-11-13-29(14-12-28)16-17-4-6-18(7-5-17)26-15-20-23-19-3-2-10-25-21(19)8-9-22(23)27-24(20)30/h2-10,15,26H,11-14,16H2,1H3,(H,27,30)/b20-15-. The number of nitrogens with zero attached hydrogens (tertiary/aromatic N) is 3. The van der Waals surface area contributed by atoms with Crippen molar-refractivity contribution in [2.24, 2.45) is 0 Å². The van der Waals surface area contributed by atoms with Crippen molar-refractivity contribution < 1.29 is 4.79 Å². The van der Waals surface area contributed by atoms with Gasteiger partial charge in [-0.3, -0.25) is 14.7 Å². The van der Waals surface area contributed by atoms with Crippen LogP contribution in [-0.2, 0) is 11.3 Å². The van der Waals surface area contributed by atoms with E-state index in [9.17, 15) is 4.79 Å². The first-order valence-electron chi connectivity index (χ1n) is 10.3. The first-order valence-corrected chi connectivity index (χ1v) is 10.3. The van der Waals surface area contributed by atoms with Gasteiger partial charge in [0.25, 0.3) is 5.91 Å². The fraction of sp³-hybridized carbons (Fsp3) is 0.250. The van der Waals surface area contributed by atoms with Crippen LogP contribution in [0.15, 0.2) is 60.9 Å². The summed E-state index contributed by atoms with van der Waals surface area (Å²) in [4.78, 5) is 21.8. The molecule has 2 N–H and O–H groups in total. The Morgan fingerprint density at radius 3 is 2.67 bits per heavy atom. The number of nitrogens with one attached hydrogen (secondary N) is 2. The van der Waals surface area contributed by atoms with E-state index in [4.69, 9.17) is 0 Å². The highest BCUT2D eigenvalue weighted by Crippen LogP contribution is 2.37. The fourth-order valence-corrected chi connectivity index (χ4v) is 4.11. The topological polar surface area (TPSA) is 60.5 Å². The molecule has 0 aliphatic carbocycles. The van der Waals surface area contributed by atoms with Gasteiger partial charge in [-0.25, -0.2) is 0 Å². The Balaban J connectivity index is 1.33. The number of fused-ring (bicyclic) bond motifs is 3. The highest BCUT2D eigenvalue weighted by atomic mass is 16.2. The first-order chi connectivity index (χ1) is 14.7. The Kier molecular flexibility index (Phi) is 4.94. The van der Waals surface area contributed by atoms with Crippen molar-refractivity contribution in [1.82, 2.24) is 14.8 Å². The monoisotopic (exact) mass is 399 g/mol. The number of carbonyl (C=O) groups excluding carboxylic acids is 1. The molecule has 5 rings (SSSR count). The summed E-state index contributed by atoms with van der Waals surface area (Å²) >= 11 is 0. The molecule has 6 nitrogen and oxygen atoms in total. The molecular formula is C24H25N5O. The lowest BCUT2D eigenvalue weighted by molar-refractivity contribution is -0.110. The van der Waals surface area contributed by atoms with Gasteiger partial charge in [-0.05, 0) is 42.9 Å². The lowest BCUT2D eigenvalue weighted by atomic mass is 10.0. The van der Waals surface area contributed by atoms with E-state index in [1.54, 1.807) is 12.4 Å². The second-order valence-electron chi connectivity index (χ2n) is 7.99. The first kappa shape index (κ1) is 18.8. The number of aromatic nitrogens is 1. The molecule has 0 bridgehead atoms. The highest BCUT2D eigenvalue weighted by molar-refractivity contribution is 6.34. The van der Waals surface area contributed by atoms with Gasteiger partial charge in [0.15, 0.2) is 0 Å². The Hall–Kier alpha value is -3.22. The molecule has 0 atom stereocenters. The van der Waals surface area contributed by atoms with Crippen molar-refractivity contribution in [3.63, 3.8) is 0 Å². The number of likely N-dealkylation sites (N-methyl/N-ethyl adjacent to an activating group) is 1. The van der Waals surface area contributed by atoms with Crippen LogP contribution in [0.2, 0.25) is 0 Å². The van der Waals surface area contributed by atoms with Crippen LogP contribution in [0.1, 0.15) is 11.1 Å². The van der Waals surface area contributed by atoms with Gasteiger partial charge < -0.3 is 15.5 Å². The quantitative estimate of drug-likeness (QED) is 0.659. The van der Waals surface area contributed by atoms with Crippen LogP contribution < -0.4 is 10.6 Å². The molecule has 3 heterocycles. The van der Waals surface area contributed by atoms with Crippen LogP contribution in [0.5, 0.6) is 0 Å². The molecule has 0 radical (unpaired) electrons. The number of anilines is 2. The molecule has 30 heavy (non-hydrogen) atoms. The minimum atomic E-state index is -0.0967. The minimum absolute atomic E-state index is 0.0967. The van der Waals surface area contributed by atoms with Gasteiger partial charge >= 0.3 is 0 Å². The summed E-state index contributed by atoms with van der Waals surface area (Å²) in [5, 5.41) is 7.22. The smallest absolute Gasteiger partial charge is 0.257 e. The van der Waals surface area contributed by atoms with Crippen LogP contribution in [0.25, 0.3) is 16.5 Å². The molecule has 1 saturated heterocycles. The van der Waals surface area contributed by atoms with Crippen LogP contribution >= 0.6 is 0 Å². The summed E-state index contributed by atoms with van der Waals surface area (Å²) in [6.07, 6.45) is 3.56. The summed E-state index contributed by atoms with van der Waals surface area (Å²) in [6.45, 7) is 5.45. The third-order valence-corrected chi connectivity index (χ3v) is 5.89. The van der Waals surface area contributed by atoms with Crippen LogP contribution in [0.3, 0.4) is 0 Å². The van der Waals surface area contributed by atoms with E-state index in [-0.39, 0.29) is 5.91 Å². The lowest BCUT2D eigenvalue weighted by Crippen LogP contribution is -2.43. The maximum Gasteiger partial charge on any atom is 0.257 e. The zero-order valence-electron chi connectivity index (χ0n) is 17.1. The number of rotatable bonds is 4. The van der Waals surface area contributed by atoms with Crippen molar-refractivity contribution in [2.45, 2.75) is 6.54 Å². The molecule has 6 heteroatoms. The van der Waals surface area contributed by atoms with E-state index in [1.807, 2.05) is 24.3 Å². The lowest BCUT2D eigenvalue weighted by Gasteiger charge is -2.32. The maximum atomic E-state index is 12.5. The average molecular weight is 399 g/mol. The minimum Gasteiger partial charge on any atom is -0.361 e. The molecule has 3 aromatic rings. The summed E-state index contributed by atoms with van der Waals surface area (Å²) in [7, 11) is 2.18. The summed E-state index contributed by atoms with van der Waals surface area (Å²) in [5.74, 6) is -0.0967. The Labute approximate surface area is 176 Å². The number of amides is 1. The third kappa shape index (κ3) is 3.67. The van der Waals surface area contributed by atoms with E-state index in [2.05, 4.69) is 56.7 Å². The van der Waals surface area contributed by atoms with Gasteiger partial charge in [0.1, 0.15) is 0 Å².